The van der Waals surface area contributed by atoms with Gasteiger partial charge in [0.1, 0.15) is 5.78 Å². The topological polar surface area (TPSA) is 17.1 Å². The molecule has 2 bridgehead atoms. The Hall–Kier alpha value is -0.590. The standard InChI is InChI=1S/C9H10O/c10-9-3-5-1-2-6(9)8-4-7(5)8/h1-2,5-8H,3-4H2/t5-,6+,7+,8+/m1/s1. The van der Waals surface area contributed by atoms with E-state index in [2.05, 4.69) is 12.2 Å². The summed E-state index contributed by atoms with van der Waals surface area (Å²) in [6.07, 6.45) is 6.58. The molecule has 4 aliphatic rings. The minimum Gasteiger partial charge on any atom is -0.299 e. The van der Waals surface area contributed by atoms with Crippen molar-refractivity contribution in [1.82, 2.24) is 0 Å². The molecular formula is C9H10O. The van der Waals surface area contributed by atoms with Crippen LogP contribution in [0.4, 0.5) is 0 Å². The zero-order chi connectivity index (χ0) is 6.72. The van der Waals surface area contributed by atoms with Crippen LogP contribution in [-0.4, -0.2) is 5.78 Å². The molecule has 0 aliphatic heterocycles. The van der Waals surface area contributed by atoms with Gasteiger partial charge in [0.2, 0.25) is 0 Å². The molecule has 0 radical (unpaired) electrons. The van der Waals surface area contributed by atoms with Gasteiger partial charge in [-0.1, -0.05) is 12.2 Å². The quantitative estimate of drug-likeness (QED) is 0.458. The summed E-state index contributed by atoms with van der Waals surface area (Å²) in [7, 11) is 0. The highest BCUT2D eigenvalue weighted by atomic mass is 16.1. The Balaban J connectivity index is 2.09. The lowest BCUT2D eigenvalue weighted by atomic mass is 9.75. The van der Waals surface area contributed by atoms with E-state index in [1.54, 1.807) is 0 Å². The maximum absolute atomic E-state index is 11.2. The van der Waals surface area contributed by atoms with Crippen LogP contribution in [-0.2, 0) is 4.79 Å². The van der Waals surface area contributed by atoms with Crippen molar-refractivity contribution in [3.8, 4) is 0 Å². The minimum atomic E-state index is 0.343. The summed E-state index contributed by atoms with van der Waals surface area (Å²) in [5.41, 5.74) is 0. The third-order valence-corrected chi connectivity index (χ3v) is 3.28. The number of allylic oxidation sites excluding steroid dienone is 2. The van der Waals surface area contributed by atoms with Gasteiger partial charge in [-0.25, -0.2) is 0 Å². The first-order valence-electron chi connectivity index (χ1n) is 4.07. The monoisotopic (exact) mass is 134 g/mol. The van der Waals surface area contributed by atoms with Gasteiger partial charge in [0.05, 0.1) is 0 Å². The smallest absolute Gasteiger partial charge is 0.140 e. The second-order valence-corrected chi connectivity index (χ2v) is 3.81. The first kappa shape index (κ1) is 5.11. The maximum Gasteiger partial charge on any atom is 0.140 e. The lowest BCUT2D eigenvalue weighted by Gasteiger charge is -2.27. The van der Waals surface area contributed by atoms with Crippen molar-refractivity contribution in [1.29, 1.82) is 0 Å². The molecule has 10 heavy (non-hydrogen) atoms. The average Bonchev–Trinajstić information content (AvgIpc) is 2.66. The molecule has 4 rings (SSSR count). The Kier molecular flexibility index (Phi) is 0.697. The molecule has 4 atom stereocenters. The summed E-state index contributed by atoms with van der Waals surface area (Å²) in [6, 6.07) is 0. The van der Waals surface area contributed by atoms with E-state index in [1.807, 2.05) is 0 Å². The highest BCUT2D eigenvalue weighted by Crippen LogP contribution is 2.58. The van der Waals surface area contributed by atoms with Crippen LogP contribution >= 0.6 is 0 Å². The van der Waals surface area contributed by atoms with Crippen LogP contribution in [0.5, 0.6) is 0 Å². The van der Waals surface area contributed by atoms with Crippen LogP contribution < -0.4 is 0 Å². The number of carbonyl (C=O) groups is 1. The van der Waals surface area contributed by atoms with E-state index in [-0.39, 0.29) is 0 Å². The minimum absolute atomic E-state index is 0.343. The molecule has 4 aliphatic carbocycles. The molecule has 0 amide bonds. The summed E-state index contributed by atoms with van der Waals surface area (Å²) in [4.78, 5) is 11.2. The second kappa shape index (κ2) is 1.36. The van der Waals surface area contributed by atoms with Gasteiger partial charge < -0.3 is 0 Å². The van der Waals surface area contributed by atoms with Crippen LogP contribution in [0.1, 0.15) is 12.8 Å². The molecule has 0 unspecified atom stereocenters. The van der Waals surface area contributed by atoms with Crippen molar-refractivity contribution < 1.29 is 4.79 Å². The lowest BCUT2D eigenvalue weighted by molar-refractivity contribution is -0.124. The van der Waals surface area contributed by atoms with Gasteiger partial charge in [-0.2, -0.15) is 0 Å². The van der Waals surface area contributed by atoms with E-state index in [0.717, 1.165) is 18.3 Å². The summed E-state index contributed by atoms with van der Waals surface area (Å²) >= 11 is 0. The SMILES string of the molecule is O=C1C[C@H]2C=C[C@H]1[C@@H]1C[C@H]12. The molecule has 2 saturated carbocycles. The van der Waals surface area contributed by atoms with E-state index in [1.165, 1.54) is 6.42 Å². The normalized spacial score (nSPS) is 55.0. The first-order valence-corrected chi connectivity index (χ1v) is 4.07. The van der Waals surface area contributed by atoms with Crippen molar-refractivity contribution in [3.63, 3.8) is 0 Å². The fraction of sp³-hybridized carbons (Fsp3) is 0.667. The van der Waals surface area contributed by atoms with Gasteiger partial charge in [0, 0.05) is 12.3 Å². The average molecular weight is 134 g/mol. The number of hydrogen-bond donors (Lipinski definition) is 0. The van der Waals surface area contributed by atoms with Crippen molar-refractivity contribution >= 4 is 5.78 Å². The number of carbonyl (C=O) groups excluding carboxylic acids is 1. The van der Waals surface area contributed by atoms with E-state index in [0.29, 0.717) is 17.6 Å². The van der Waals surface area contributed by atoms with Crippen molar-refractivity contribution in [2.75, 3.05) is 0 Å². The summed E-state index contributed by atoms with van der Waals surface area (Å²) in [6.45, 7) is 0. The zero-order valence-electron chi connectivity index (χ0n) is 5.79. The Bertz CT molecular complexity index is 229. The number of hydrogen-bond acceptors (Lipinski definition) is 1. The highest BCUT2D eigenvalue weighted by Gasteiger charge is 2.54. The maximum atomic E-state index is 11.2. The number of fused-ring (bicyclic) bond motifs is 1. The van der Waals surface area contributed by atoms with E-state index in [4.69, 9.17) is 0 Å². The number of Topliss-reactive ketones (excluding diaryl/α,β-unsaturated/α-hetero) is 1. The zero-order valence-corrected chi connectivity index (χ0v) is 5.79. The lowest BCUT2D eigenvalue weighted by Crippen LogP contribution is -2.29. The van der Waals surface area contributed by atoms with Gasteiger partial charge >= 0.3 is 0 Å². The van der Waals surface area contributed by atoms with Gasteiger partial charge in [-0.3, -0.25) is 4.79 Å². The Morgan fingerprint density at radius 3 is 2.80 bits per heavy atom. The molecule has 0 aromatic rings. The van der Waals surface area contributed by atoms with Crippen LogP contribution in [0, 0.1) is 23.7 Å². The summed E-state index contributed by atoms with van der Waals surface area (Å²) in [5, 5.41) is 0. The number of rotatable bonds is 0. The van der Waals surface area contributed by atoms with E-state index >= 15 is 0 Å². The van der Waals surface area contributed by atoms with E-state index < -0.39 is 0 Å². The Labute approximate surface area is 60.1 Å². The molecule has 1 nitrogen and oxygen atoms in total. The van der Waals surface area contributed by atoms with Gasteiger partial charge in [-0.15, -0.1) is 0 Å². The highest BCUT2D eigenvalue weighted by molar-refractivity contribution is 5.86. The molecule has 0 N–H and O–H groups in total. The molecular weight excluding hydrogens is 124 g/mol. The molecule has 0 spiro atoms. The predicted octanol–water partition coefficient (Wildman–Crippen LogP) is 1.40. The third-order valence-electron chi connectivity index (χ3n) is 3.28. The largest absolute Gasteiger partial charge is 0.299 e. The molecule has 0 heterocycles. The fourth-order valence-electron chi connectivity index (χ4n) is 2.62. The van der Waals surface area contributed by atoms with Crippen LogP contribution in [0.25, 0.3) is 0 Å². The Morgan fingerprint density at radius 1 is 1.30 bits per heavy atom. The van der Waals surface area contributed by atoms with Crippen LogP contribution in [0.15, 0.2) is 12.2 Å². The molecule has 2 fully saturated rings. The van der Waals surface area contributed by atoms with E-state index in [9.17, 15) is 4.79 Å². The molecule has 0 saturated heterocycles. The van der Waals surface area contributed by atoms with Crippen LogP contribution in [0.2, 0.25) is 0 Å². The molecule has 52 valence electrons. The van der Waals surface area contributed by atoms with Crippen molar-refractivity contribution in [2.24, 2.45) is 23.7 Å². The first-order chi connectivity index (χ1) is 4.86. The number of ketones is 1. The summed E-state index contributed by atoms with van der Waals surface area (Å²) in [5.74, 6) is 3.17. The molecule has 0 aromatic heterocycles. The molecule has 1 heteroatoms. The van der Waals surface area contributed by atoms with Crippen molar-refractivity contribution in [2.45, 2.75) is 12.8 Å². The second-order valence-electron chi connectivity index (χ2n) is 3.81. The van der Waals surface area contributed by atoms with Crippen LogP contribution in [0.3, 0.4) is 0 Å². The Morgan fingerprint density at radius 2 is 2.20 bits per heavy atom. The van der Waals surface area contributed by atoms with Gasteiger partial charge in [0.25, 0.3) is 0 Å². The predicted molar refractivity (Wildman–Crippen MR) is 37.3 cm³/mol. The third kappa shape index (κ3) is 0.437. The molecule has 0 aromatic carbocycles. The van der Waals surface area contributed by atoms with Crippen molar-refractivity contribution in [3.05, 3.63) is 12.2 Å². The fourth-order valence-corrected chi connectivity index (χ4v) is 2.62. The van der Waals surface area contributed by atoms with Gasteiger partial charge in [-0.05, 0) is 24.2 Å². The summed E-state index contributed by atoms with van der Waals surface area (Å²) < 4.78 is 0. The van der Waals surface area contributed by atoms with Gasteiger partial charge in [0.15, 0.2) is 0 Å².